The fourth-order valence-corrected chi connectivity index (χ4v) is 3.97. The number of halogens is 1. The number of imide groups is 1. The van der Waals surface area contributed by atoms with Gasteiger partial charge in [-0.15, -0.1) is 0 Å². The van der Waals surface area contributed by atoms with E-state index in [9.17, 15) is 14.4 Å². The average Bonchev–Trinajstić information content (AvgIpc) is 3.11. The molecule has 4 amide bonds. The Morgan fingerprint density at radius 1 is 1.14 bits per heavy atom. The maximum absolute atomic E-state index is 13.1. The summed E-state index contributed by atoms with van der Waals surface area (Å²) in [4.78, 5) is 40.9. The van der Waals surface area contributed by atoms with Crippen LogP contribution >= 0.6 is 15.9 Å². The number of likely N-dealkylation sites (N-methyl/N-ethyl adjacent to an activating group) is 1. The summed E-state index contributed by atoms with van der Waals surface area (Å²) in [5, 5.41) is 2.80. The molecule has 2 aromatic carbocycles. The van der Waals surface area contributed by atoms with Crippen LogP contribution in [0.5, 0.6) is 5.75 Å². The monoisotopic (exact) mass is 443 g/mol. The van der Waals surface area contributed by atoms with Gasteiger partial charge in [-0.05, 0) is 35.4 Å². The highest BCUT2D eigenvalue weighted by atomic mass is 79.9. The van der Waals surface area contributed by atoms with Gasteiger partial charge in [0.1, 0.15) is 5.75 Å². The third kappa shape index (κ3) is 2.75. The van der Waals surface area contributed by atoms with Crippen LogP contribution in [0.15, 0.2) is 46.9 Å². The molecule has 0 saturated carbocycles. The molecule has 0 bridgehead atoms. The Morgan fingerprint density at radius 2 is 1.86 bits per heavy atom. The summed E-state index contributed by atoms with van der Waals surface area (Å²) in [7, 11) is 2.98. The second-order valence-corrected chi connectivity index (χ2v) is 7.81. The first kappa shape index (κ1) is 18.5. The number of ether oxygens (including phenoxy) is 1. The zero-order valence-electron chi connectivity index (χ0n) is 15.4. The van der Waals surface area contributed by atoms with Gasteiger partial charge in [0.15, 0.2) is 5.54 Å². The molecule has 144 valence electrons. The first-order valence-electron chi connectivity index (χ1n) is 8.68. The number of urea groups is 1. The highest BCUT2D eigenvalue weighted by Gasteiger charge is 2.53. The first-order valence-corrected chi connectivity index (χ1v) is 9.47. The largest absolute Gasteiger partial charge is 0.497 e. The summed E-state index contributed by atoms with van der Waals surface area (Å²) in [6, 6.07) is 12.0. The fraction of sp³-hybridized carbons (Fsp3) is 0.250. The number of carbonyl (C=O) groups is 3. The minimum atomic E-state index is -1.33. The van der Waals surface area contributed by atoms with Crippen LogP contribution < -0.4 is 10.1 Å². The van der Waals surface area contributed by atoms with Gasteiger partial charge < -0.3 is 15.0 Å². The third-order valence-electron chi connectivity index (χ3n) is 5.26. The Kier molecular flexibility index (Phi) is 4.38. The van der Waals surface area contributed by atoms with Crippen LogP contribution in [0, 0.1) is 0 Å². The summed E-state index contributed by atoms with van der Waals surface area (Å²) in [5.74, 6) is 0.0182. The normalized spacial score (nSPS) is 21.2. The molecule has 8 heteroatoms. The number of hydrogen-bond donors (Lipinski definition) is 1. The van der Waals surface area contributed by atoms with Gasteiger partial charge in [-0.25, -0.2) is 4.79 Å². The van der Waals surface area contributed by atoms with Gasteiger partial charge in [-0.2, -0.15) is 0 Å². The molecule has 28 heavy (non-hydrogen) atoms. The molecule has 4 rings (SSSR count). The topological polar surface area (TPSA) is 79.0 Å². The number of methoxy groups -OCH3 is 1. The minimum absolute atomic E-state index is 0.0410. The van der Waals surface area contributed by atoms with Gasteiger partial charge in [0.25, 0.3) is 11.8 Å². The van der Waals surface area contributed by atoms with E-state index < -0.39 is 11.6 Å². The number of hydrogen-bond acceptors (Lipinski definition) is 4. The van der Waals surface area contributed by atoms with Crippen LogP contribution in [0.25, 0.3) is 0 Å². The van der Waals surface area contributed by atoms with Crippen molar-refractivity contribution in [3.63, 3.8) is 0 Å². The van der Waals surface area contributed by atoms with Crippen LogP contribution in [-0.4, -0.2) is 48.3 Å². The van der Waals surface area contributed by atoms with Gasteiger partial charge in [-0.1, -0.05) is 34.1 Å². The quantitative estimate of drug-likeness (QED) is 0.736. The van der Waals surface area contributed by atoms with Crippen LogP contribution in [-0.2, 0) is 16.9 Å². The SMILES string of the molecule is COc1ccc2c(c1)C(=O)N(C[C@@]1(c3ccc(Br)cc3)NC(=O)N(C)C1=O)C2. The fourth-order valence-electron chi connectivity index (χ4n) is 3.71. The lowest BCUT2D eigenvalue weighted by Gasteiger charge is -2.31. The predicted molar refractivity (Wildman–Crippen MR) is 105 cm³/mol. The van der Waals surface area contributed by atoms with Gasteiger partial charge in [0, 0.05) is 23.6 Å². The van der Waals surface area contributed by atoms with E-state index in [-0.39, 0.29) is 18.4 Å². The van der Waals surface area contributed by atoms with E-state index in [1.165, 1.54) is 7.05 Å². The molecular formula is C20H18BrN3O4. The van der Waals surface area contributed by atoms with E-state index in [0.717, 1.165) is 14.9 Å². The van der Waals surface area contributed by atoms with E-state index in [2.05, 4.69) is 21.2 Å². The van der Waals surface area contributed by atoms with Crippen molar-refractivity contribution < 1.29 is 19.1 Å². The molecule has 1 atom stereocenters. The minimum Gasteiger partial charge on any atom is -0.497 e. The summed E-state index contributed by atoms with van der Waals surface area (Å²) < 4.78 is 6.06. The molecule has 1 N–H and O–H groups in total. The van der Waals surface area contributed by atoms with Gasteiger partial charge in [0.2, 0.25) is 0 Å². The Bertz CT molecular complexity index is 991. The predicted octanol–water partition coefficient (Wildman–Crippen LogP) is 2.49. The average molecular weight is 444 g/mol. The molecule has 7 nitrogen and oxygen atoms in total. The van der Waals surface area contributed by atoms with Crippen molar-refractivity contribution in [3.05, 3.63) is 63.6 Å². The van der Waals surface area contributed by atoms with Crippen molar-refractivity contribution >= 4 is 33.8 Å². The molecule has 2 aliphatic heterocycles. The van der Waals surface area contributed by atoms with Crippen LogP contribution in [0.3, 0.4) is 0 Å². The van der Waals surface area contributed by atoms with Crippen molar-refractivity contribution in [1.82, 2.24) is 15.1 Å². The van der Waals surface area contributed by atoms with Gasteiger partial charge in [0.05, 0.1) is 13.7 Å². The molecule has 0 aromatic heterocycles. The molecule has 0 unspecified atom stereocenters. The van der Waals surface area contributed by atoms with Crippen molar-refractivity contribution in [2.75, 3.05) is 20.7 Å². The zero-order valence-corrected chi connectivity index (χ0v) is 16.9. The van der Waals surface area contributed by atoms with Gasteiger partial charge >= 0.3 is 6.03 Å². The molecule has 1 fully saturated rings. The van der Waals surface area contributed by atoms with E-state index in [1.807, 2.05) is 6.07 Å². The second kappa shape index (κ2) is 6.63. The number of amides is 4. The van der Waals surface area contributed by atoms with E-state index in [1.54, 1.807) is 48.4 Å². The lowest BCUT2D eigenvalue weighted by atomic mass is 9.89. The molecule has 2 aliphatic rings. The Labute approximate surface area is 170 Å². The number of nitrogens with one attached hydrogen (secondary N) is 1. The summed E-state index contributed by atoms with van der Waals surface area (Å²) in [6.45, 7) is 0.405. The molecule has 2 heterocycles. The Hall–Kier alpha value is -2.87. The molecule has 0 radical (unpaired) electrons. The van der Waals surface area contributed by atoms with Crippen molar-refractivity contribution in [2.24, 2.45) is 0 Å². The standard InChI is InChI=1S/C20H18BrN3O4/c1-23-18(26)20(22-19(23)27,13-4-6-14(21)7-5-13)11-24-10-12-3-8-15(28-2)9-16(12)17(24)25/h3-9H,10-11H2,1-2H3,(H,22,27)/t20-/m0/s1. The van der Waals surface area contributed by atoms with E-state index in [0.29, 0.717) is 23.4 Å². The zero-order chi connectivity index (χ0) is 20.1. The van der Waals surface area contributed by atoms with Gasteiger partial charge in [-0.3, -0.25) is 14.5 Å². The van der Waals surface area contributed by atoms with Crippen molar-refractivity contribution in [1.29, 1.82) is 0 Å². The van der Waals surface area contributed by atoms with E-state index in [4.69, 9.17) is 4.74 Å². The van der Waals surface area contributed by atoms with Crippen molar-refractivity contribution in [3.8, 4) is 5.75 Å². The summed E-state index contributed by atoms with van der Waals surface area (Å²) in [6.07, 6.45) is 0. The number of nitrogens with zero attached hydrogens (tertiary/aromatic N) is 2. The van der Waals surface area contributed by atoms with Crippen molar-refractivity contribution in [2.45, 2.75) is 12.1 Å². The maximum Gasteiger partial charge on any atom is 0.325 e. The lowest BCUT2D eigenvalue weighted by Crippen LogP contribution is -2.52. The van der Waals surface area contributed by atoms with Crippen LogP contribution in [0.1, 0.15) is 21.5 Å². The molecule has 0 spiro atoms. The smallest absolute Gasteiger partial charge is 0.325 e. The number of benzene rings is 2. The maximum atomic E-state index is 13.1. The number of fused-ring (bicyclic) bond motifs is 1. The highest BCUT2D eigenvalue weighted by molar-refractivity contribution is 9.10. The Balaban J connectivity index is 1.72. The summed E-state index contributed by atoms with van der Waals surface area (Å²) >= 11 is 3.38. The molecule has 0 aliphatic carbocycles. The molecule has 1 saturated heterocycles. The molecular weight excluding hydrogens is 426 g/mol. The van der Waals surface area contributed by atoms with Crippen LogP contribution in [0.2, 0.25) is 0 Å². The number of carbonyl (C=O) groups excluding carboxylic acids is 3. The molecule has 2 aromatic rings. The number of rotatable bonds is 4. The third-order valence-corrected chi connectivity index (χ3v) is 5.78. The summed E-state index contributed by atoms with van der Waals surface area (Å²) in [5.41, 5.74) is 0.714. The lowest BCUT2D eigenvalue weighted by molar-refractivity contribution is -0.131. The Morgan fingerprint density at radius 3 is 2.46 bits per heavy atom. The van der Waals surface area contributed by atoms with Crippen LogP contribution in [0.4, 0.5) is 4.79 Å². The first-order chi connectivity index (χ1) is 13.4. The highest BCUT2D eigenvalue weighted by Crippen LogP contribution is 2.34. The van der Waals surface area contributed by atoms with E-state index >= 15 is 0 Å². The second-order valence-electron chi connectivity index (χ2n) is 6.89.